The van der Waals surface area contributed by atoms with Crippen molar-refractivity contribution in [1.29, 1.82) is 0 Å². The molecule has 0 aliphatic heterocycles. The molecule has 2 aromatic rings. The zero-order chi connectivity index (χ0) is 12.3. The highest BCUT2D eigenvalue weighted by atomic mass is 16.5. The van der Waals surface area contributed by atoms with E-state index < -0.39 is 0 Å². The highest BCUT2D eigenvalue weighted by molar-refractivity contribution is 5.72. The number of rotatable bonds is 3. The quantitative estimate of drug-likeness (QED) is 0.798. The van der Waals surface area contributed by atoms with Crippen molar-refractivity contribution in [3.05, 3.63) is 47.7 Å². The normalized spacial score (nSPS) is 10.3. The van der Waals surface area contributed by atoms with Crippen molar-refractivity contribution in [2.75, 3.05) is 7.11 Å². The number of nitrogens with zero attached hydrogens (tertiary/aromatic N) is 1. The van der Waals surface area contributed by atoms with Crippen LogP contribution in [-0.2, 0) is 6.42 Å². The minimum absolute atomic E-state index is 0.688. The number of ether oxygens (including phenoxy) is 1. The summed E-state index contributed by atoms with van der Waals surface area (Å²) >= 11 is 0. The number of pyridine rings is 1. The van der Waals surface area contributed by atoms with Gasteiger partial charge in [-0.1, -0.05) is 30.7 Å². The minimum atomic E-state index is 0.688. The van der Waals surface area contributed by atoms with Gasteiger partial charge in [-0.05, 0) is 36.6 Å². The van der Waals surface area contributed by atoms with Gasteiger partial charge in [-0.2, -0.15) is 0 Å². The molecule has 2 nitrogen and oxygen atoms in total. The van der Waals surface area contributed by atoms with E-state index in [9.17, 15) is 0 Å². The molecule has 2 heteroatoms. The number of hydrogen-bond donors (Lipinski definition) is 0. The van der Waals surface area contributed by atoms with Gasteiger partial charge in [0.15, 0.2) is 0 Å². The van der Waals surface area contributed by atoms with E-state index in [-0.39, 0.29) is 0 Å². The van der Waals surface area contributed by atoms with E-state index in [1.807, 2.05) is 6.07 Å². The highest BCUT2D eigenvalue weighted by Crippen LogP contribution is 2.31. The van der Waals surface area contributed by atoms with Gasteiger partial charge in [0, 0.05) is 11.8 Å². The molecule has 0 saturated carbocycles. The predicted octanol–water partition coefficient (Wildman–Crippen LogP) is 3.63. The average Bonchev–Trinajstić information content (AvgIpc) is 2.38. The summed E-state index contributed by atoms with van der Waals surface area (Å²) in [6.07, 6.45) is 2.76. The Morgan fingerprint density at radius 3 is 2.71 bits per heavy atom. The Kier molecular flexibility index (Phi) is 3.43. The number of benzene rings is 1. The molecule has 0 aliphatic rings. The molecular weight excluding hydrogens is 210 g/mol. The van der Waals surface area contributed by atoms with Gasteiger partial charge in [0.1, 0.15) is 0 Å². The van der Waals surface area contributed by atoms with E-state index in [1.54, 1.807) is 13.3 Å². The van der Waals surface area contributed by atoms with Crippen LogP contribution >= 0.6 is 0 Å². The summed E-state index contributed by atoms with van der Waals surface area (Å²) in [5.74, 6) is 0.688. The monoisotopic (exact) mass is 227 g/mol. The number of aromatic nitrogens is 1. The standard InChI is InChI=1S/C15H17NO/c1-4-12-8-7-11(2)10-14(12)13-6-5-9-16-15(13)17-3/h5-10H,4H2,1-3H3. The smallest absolute Gasteiger partial charge is 0.221 e. The van der Waals surface area contributed by atoms with Gasteiger partial charge in [0.05, 0.1) is 7.11 Å². The van der Waals surface area contributed by atoms with E-state index in [0.29, 0.717) is 5.88 Å². The summed E-state index contributed by atoms with van der Waals surface area (Å²) in [5.41, 5.74) is 4.86. The van der Waals surface area contributed by atoms with Gasteiger partial charge >= 0.3 is 0 Å². The molecule has 2 rings (SSSR count). The number of methoxy groups -OCH3 is 1. The number of aryl methyl sites for hydroxylation is 2. The maximum atomic E-state index is 5.33. The lowest BCUT2D eigenvalue weighted by atomic mass is 9.97. The average molecular weight is 227 g/mol. The molecule has 88 valence electrons. The van der Waals surface area contributed by atoms with Gasteiger partial charge < -0.3 is 4.74 Å². The first-order chi connectivity index (χ1) is 8.26. The maximum Gasteiger partial charge on any atom is 0.221 e. The lowest BCUT2D eigenvalue weighted by Crippen LogP contribution is -1.94. The van der Waals surface area contributed by atoms with E-state index in [0.717, 1.165) is 12.0 Å². The van der Waals surface area contributed by atoms with E-state index in [2.05, 4.69) is 43.1 Å². The molecule has 1 aromatic heterocycles. The van der Waals surface area contributed by atoms with Crippen LogP contribution < -0.4 is 4.74 Å². The zero-order valence-corrected chi connectivity index (χ0v) is 10.5. The Morgan fingerprint density at radius 1 is 1.18 bits per heavy atom. The minimum Gasteiger partial charge on any atom is -0.481 e. The molecule has 0 N–H and O–H groups in total. The van der Waals surface area contributed by atoms with Crippen LogP contribution in [0.5, 0.6) is 5.88 Å². The van der Waals surface area contributed by atoms with Crippen molar-refractivity contribution in [2.24, 2.45) is 0 Å². The summed E-state index contributed by atoms with van der Waals surface area (Å²) in [6, 6.07) is 10.5. The van der Waals surface area contributed by atoms with Crippen molar-refractivity contribution in [3.63, 3.8) is 0 Å². The second-order valence-electron chi connectivity index (χ2n) is 4.07. The van der Waals surface area contributed by atoms with Crippen LogP contribution in [-0.4, -0.2) is 12.1 Å². The second-order valence-corrected chi connectivity index (χ2v) is 4.07. The number of hydrogen-bond acceptors (Lipinski definition) is 2. The Hall–Kier alpha value is -1.83. The SMILES string of the molecule is CCc1ccc(C)cc1-c1cccnc1OC. The van der Waals surface area contributed by atoms with Crippen molar-refractivity contribution in [3.8, 4) is 17.0 Å². The summed E-state index contributed by atoms with van der Waals surface area (Å²) in [5, 5.41) is 0. The first-order valence-corrected chi connectivity index (χ1v) is 5.85. The fourth-order valence-corrected chi connectivity index (χ4v) is 2.01. The lowest BCUT2D eigenvalue weighted by molar-refractivity contribution is 0.399. The molecular formula is C15H17NO. The van der Waals surface area contributed by atoms with E-state index >= 15 is 0 Å². The van der Waals surface area contributed by atoms with Crippen molar-refractivity contribution in [1.82, 2.24) is 4.98 Å². The van der Waals surface area contributed by atoms with Crippen molar-refractivity contribution < 1.29 is 4.74 Å². The van der Waals surface area contributed by atoms with Crippen LogP contribution in [0.4, 0.5) is 0 Å². The Balaban J connectivity index is 2.62. The van der Waals surface area contributed by atoms with Gasteiger partial charge in [0.2, 0.25) is 5.88 Å². The molecule has 0 saturated heterocycles. The summed E-state index contributed by atoms with van der Waals surface area (Å²) in [6.45, 7) is 4.27. The molecule has 0 aliphatic carbocycles. The molecule has 0 atom stereocenters. The van der Waals surface area contributed by atoms with Gasteiger partial charge in [-0.3, -0.25) is 0 Å². The zero-order valence-electron chi connectivity index (χ0n) is 10.5. The highest BCUT2D eigenvalue weighted by Gasteiger charge is 2.10. The van der Waals surface area contributed by atoms with Crippen molar-refractivity contribution in [2.45, 2.75) is 20.3 Å². The largest absolute Gasteiger partial charge is 0.481 e. The molecule has 0 spiro atoms. The van der Waals surface area contributed by atoms with Gasteiger partial charge in [-0.25, -0.2) is 4.98 Å². The Labute approximate surface area is 102 Å². The van der Waals surface area contributed by atoms with Gasteiger partial charge in [-0.15, -0.1) is 0 Å². The molecule has 1 aromatic carbocycles. The third kappa shape index (κ3) is 2.31. The lowest BCUT2D eigenvalue weighted by Gasteiger charge is -2.12. The van der Waals surface area contributed by atoms with E-state index in [4.69, 9.17) is 4.74 Å². The summed E-state index contributed by atoms with van der Waals surface area (Å²) in [4.78, 5) is 4.26. The van der Waals surface area contributed by atoms with Crippen LogP contribution in [0.1, 0.15) is 18.1 Å². The first-order valence-electron chi connectivity index (χ1n) is 5.85. The molecule has 0 amide bonds. The second kappa shape index (κ2) is 5.00. The van der Waals surface area contributed by atoms with Crippen LogP contribution in [0.3, 0.4) is 0 Å². The van der Waals surface area contributed by atoms with Crippen LogP contribution in [0.25, 0.3) is 11.1 Å². The first kappa shape index (κ1) is 11.6. The molecule has 1 heterocycles. The fraction of sp³-hybridized carbons (Fsp3) is 0.267. The summed E-state index contributed by atoms with van der Waals surface area (Å²) < 4.78 is 5.33. The topological polar surface area (TPSA) is 22.1 Å². The van der Waals surface area contributed by atoms with Crippen LogP contribution in [0.2, 0.25) is 0 Å². The Bertz CT molecular complexity index is 520. The molecule has 0 unspecified atom stereocenters. The van der Waals surface area contributed by atoms with Crippen LogP contribution in [0.15, 0.2) is 36.5 Å². The molecule has 0 bridgehead atoms. The molecule has 0 fully saturated rings. The van der Waals surface area contributed by atoms with Gasteiger partial charge in [0.25, 0.3) is 0 Å². The van der Waals surface area contributed by atoms with E-state index in [1.165, 1.54) is 16.7 Å². The fourth-order valence-electron chi connectivity index (χ4n) is 2.01. The third-order valence-corrected chi connectivity index (χ3v) is 2.90. The maximum absolute atomic E-state index is 5.33. The van der Waals surface area contributed by atoms with Crippen LogP contribution in [0, 0.1) is 6.92 Å². The predicted molar refractivity (Wildman–Crippen MR) is 70.3 cm³/mol. The van der Waals surface area contributed by atoms with Crippen molar-refractivity contribution >= 4 is 0 Å². The molecule has 17 heavy (non-hydrogen) atoms. The molecule has 0 radical (unpaired) electrons. The summed E-state index contributed by atoms with van der Waals surface area (Å²) in [7, 11) is 1.66. The third-order valence-electron chi connectivity index (χ3n) is 2.90. The Morgan fingerprint density at radius 2 is 2.00 bits per heavy atom.